The van der Waals surface area contributed by atoms with E-state index in [2.05, 4.69) is 17.3 Å². The first kappa shape index (κ1) is 10.6. The van der Waals surface area contributed by atoms with Crippen LogP contribution in [0, 0.1) is 5.92 Å². The summed E-state index contributed by atoms with van der Waals surface area (Å²) in [4.78, 5) is 13.5. The van der Waals surface area contributed by atoms with Crippen molar-refractivity contribution < 1.29 is 9.90 Å². The zero-order chi connectivity index (χ0) is 12.0. The van der Waals surface area contributed by atoms with Gasteiger partial charge in [-0.05, 0) is 30.9 Å². The lowest BCUT2D eigenvalue weighted by molar-refractivity contribution is -0.123. The number of nitrogens with zero attached hydrogens (tertiary/aromatic N) is 1. The average molecular weight is 232 g/mol. The van der Waals surface area contributed by atoms with Crippen molar-refractivity contribution in [1.82, 2.24) is 0 Å². The second kappa shape index (κ2) is 3.74. The van der Waals surface area contributed by atoms with Crippen LogP contribution >= 0.6 is 0 Å². The Hall–Kier alpha value is -1.55. The van der Waals surface area contributed by atoms with Crippen molar-refractivity contribution in [3.05, 3.63) is 23.8 Å². The number of carbonyl (C=O) groups is 1. The fraction of sp³-hybridized carbons (Fsp3) is 0.462. The van der Waals surface area contributed by atoms with Crippen molar-refractivity contribution in [1.29, 1.82) is 0 Å². The summed E-state index contributed by atoms with van der Waals surface area (Å²) in [6.07, 6.45) is 1.64. The molecule has 1 fully saturated rings. The van der Waals surface area contributed by atoms with Crippen LogP contribution in [0.3, 0.4) is 0 Å². The maximum absolute atomic E-state index is 11.3. The number of rotatable bonds is 3. The van der Waals surface area contributed by atoms with Crippen molar-refractivity contribution in [2.75, 3.05) is 23.8 Å². The van der Waals surface area contributed by atoms with Crippen molar-refractivity contribution in [2.24, 2.45) is 5.92 Å². The SMILES string of the molecule is CN(CC1CC1)c1ccc2c(c1)NC(=O)C2O. The monoisotopic (exact) mass is 232 g/mol. The molecule has 1 amide bonds. The summed E-state index contributed by atoms with van der Waals surface area (Å²) >= 11 is 0. The molecule has 2 N–H and O–H groups in total. The van der Waals surface area contributed by atoms with Gasteiger partial charge in [-0.2, -0.15) is 0 Å². The molecule has 1 unspecified atom stereocenters. The highest BCUT2D eigenvalue weighted by atomic mass is 16.3. The van der Waals surface area contributed by atoms with E-state index in [1.54, 1.807) is 0 Å². The van der Waals surface area contributed by atoms with Gasteiger partial charge < -0.3 is 15.3 Å². The highest BCUT2D eigenvalue weighted by Gasteiger charge is 2.29. The number of aliphatic hydroxyl groups is 1. The maximum Gasteiger partial charge on any atom is 0.257 e. The number of nitrogens with one attached hydrogen (secondary N) is 1. The van der Waals surface area contributed by atoms with Gasteiger partial charge >= 0.3 is 0 Å². The van der Waals surface area contributed by atoms with Gasteiger partial charge in [-0.3, -0.25) is 4.79 Å². The lowest BCUT2D eigenvalue weighted by Gasteiger charge is -2.19. The molecule has 0 bridgehead atoms. The van der Waals surface area contributed by atoms with E-state index in [9.17, 15) is 9.90 Å². The summed E-state index contributed by atoms with van der Waals surface area (Å²) in [5.41, 5.74) is 2.51. The number of fused-ring (bicyclic) bond motifs is 1. The van der Waals surface area contributed by atoms with Gasteiger partial charge in [0.1, 0.15) is 0 Å². The summed E-state index contributed by atoms with van der Waals surface area (Å²) < 4.78 is 0. The molecule has 17 heavy (non-hydrogen) atoms. The Morgan fingerprint density at radius 1 is 1.47 bits per heavy atom. The minimum Gasteiger partial charge on any atom is -0.378 e. The molecule has 4 heteroatoms. The van der Waals surface area contributed by atoms with Crippen molar-refractivity contribution in [3.8, 4) is 0 Å². The van der Waals surface area contributed by atoms with Crippen LogP contribution in [-0.2, 0) is 4.79 Å². The zero-order valence-electron chi connectivity index (χ0n) is 9.81. The number of hydrogen-bond acceptors (Lipinski definition) is 3. The number of anilines is 2. The Balaban J connectivity index is 1.83. The fourth-order valence-corrected chi connectivity index (χ4v) is 2.26. The van der Waals surface area contributed by atoms with Gasteiger partial charge in [-0.15, -0.1) is 0 Å². The highest BCUT2D eigenvalue weighted by molar-refractivity contribution is 6.02. The van der Waals surface area contributed by atoms with Crippen molar-refractivity contribution >= 4 is 17.3 Å². The van der Waals surface area contributed by atoms with E-state index in [4.69, 9.17) is 0 Å². The molecule has 1 saturated carbocycles. The smallest absolute Gasteiger partial charge is 0.257 e. The van der Waals surface area contributed by atoms with E-state index in [1.165, 1.54) is 12.8 Å². The largest absolute Gasteiger partial charge is 0.378 e. The molecule has 4 nitrogen and oxygen atoms in total. The molecule has 0 spiro atoms. The normalized spacial score (nSPS) is 22.2. The number of amides is 1. The Kier molecular flexibility index (Phi) is 2.33. The van der Waals surface area contributed by atoms with Gasteiger partial charge in [0.15, 0.2) is 6.10 Å². The molecule has 0 aromatic heterocycles. The molecule has 2 aliphatic rings. The summed E-state index contributed by atoms with van der Waals surface area (Å²) in [7, 11) is 2.06. The van der Waals surface area contributed by atoms with Gasteiger partial charge in [-0.1, -0.05) is 6.07 Å². The second-order valence-corrected chi connectivity index (χ2v) is 4.99. The van der Waals surface area contributed by atoms with Gasteiger partial charge in [0, 0.05) is 30.5 Å². The summed E-state index contributed by atoms with van der Waals surface area (Å²) in [6, 6.07) is 5.73. The Bertz CT molecular complexity index is 468. The second-order valence-electron chi connectivity index (χ2n) is 4.99. The Labute approximate surface area is 100 Å². The van der Waals surface area contributed by atoms with Crippen LogP contribution < -0.4 is 10.2 Å². The number of aliphatic hydroxyl groups excluding tert-OH is 1. The predicted molar refractivity (Wildman–Crippen MR) is 66.0 cm³/mol. The molecule has 1 aromatic carbocycles. The van der Waals surface area contributed by atoms with Crippen LogP contribution in [0.1, 0.15) is 24.5 Å². The molecule has 0 saturated heterocycles. The van der Waals surface area contributed by atoms with Crippen LogP contribution in [0.25, 0.3) is 0 Å². The number of carbonyl (C=O) groups excluding carboxylic acids is 1. The summed E-state index contributed by atoms with van der Waals surface area (Å²) in [5.74, 6) is 0.496. The van der Waals surface area contributed by atoms with Gasteiger partial charge in [0.25, 0.3) is 5.91 Å². The third-order valence-corrected chi connectivity index (χ3v) is 3.51. The molecular weight excluding hydrogens is 216 g/mol. The van der Waals surface area contributed by atoms with Crippen LogP contribution in [0.4, 0.5) is 11.4 Å². The first-order valence-corrected chi connectivity index (χ1v) is 5.99. The molecule has 90 valence electrons. The lowest BCUT2D eigenvalue weighted by atomic mass is 10.1. The Morgan fingerprint density at radius 3 is 2.94 bits per heavy atom. The zero-order valence-corrected chi connectivity index (χ0v) is 9.81. The van der Waals surface area contributed by atoms with Crippen LogP contribution in [-0.4, -0.2) is 24.6 Å². The molecule has 1 aliphatic heterocycles. The summed E-state index contributed by atoms with van der Waals surface area (Å²) in [6.45, 7) is 1.06. The minimum absolute atomic E-state index is 0.331. The van der Waals surface area contributed by atoms with E-state index >= 15 is 0 Å². The lowest BCUT2D eigenvalue weighted by Crippen LogP contribution is -2.19. The number of hydrogen-bond donors (Lipinski definition) is 2. The van der Waals surface area contributed by atoms with E-state index in [1.807, 2.05) is 18.2 Å². The fourth-order valence-electron chi connectivity index (χ4n) is 2.26. The van der Waals surface area contributed by atoms with E-state index in [-0.39, 0.29) is 5.91 Å². The topological polar surface area (TPSA) is 52.6 Å². The van der Waals surface area contributed by atoms with E-state index in [0.29, 0.717) is 5.56 Å². The van der Waals surface area contributed by atoms with Crippen molar-refractivity contribution in [2.45, 2.75) is 18.9 Å². The third kappa shape index (κ3) is 1.89. The molecule has 1 atom stereocenters. The van der Waals surface area contributed by atoms with E-state index < -0.39 is 6.10 Å². The van der Waals surface area contributed by atoms with Crippen LogP contribution in [0.15, 0.2) is 18.2 Å². The Morgan fingerprint density at radius 2 is 2.24 bits per heavy atom. The molecule has 1 aliphatic carbocycles. The molecular formula is C13H16N2O2. The number of benzene rings is 1. The quantitative estimate of drug-likeness (QED) is 0.830. The third-order valence-electron chi connectivity index (χ3n) is 3.51. The predicted octanol–water partition coefficient (Wildman–Crippen LogP) is 1.52. The standard InChI is InChI=1S/C13H16N2O2/c1-15(7-8-2-3-8)9-4-5-10-11(6-9)14-13(17)12(10)16/h4-6,8,12,16H,2-3,7H2,1H3,(H,14,17). The van der Waals surface area contributed by atoms with Gasteiger partial charge in [0.05, 0.1) is 0 Å². The molecule has 0 radical (unpaired) electrons. The van der Waals surface area contributed by atoms with Crippen LogP contribution in [0.5, 0.6) is 0 Å². The van der Waals surface area contributed by atoms with E-state index in [0.717, 1.165) is 23.8 Å². The van der Waals surface area contributed by atoms with Crippen LogP contribution in [0.2, 0.25) is 0 Å². The first-order chi connectivity index (χ1) is 8.15. The highest BCUT2D eigenvalue weighted by Crippen LogP contribution is 2.35. The minimum atomic E-state index is -1.01. The summed E-state index contributed by atoms with van der Waals surface area (Å²) in [5, 5.41) is 12.3. The maximum atomic E-state index is 11.3. The molecule has 1 aromatic rings. The molecule has 1 heterocycles. The molecule has 3 rings (SSSR count). The van der Waals surface area contributed by atoms with Gasteiger partial charge in [-0.25, -0.2) is 0 Å². The first-order valence-electron chi connectivity index (χ1n) is 5.99. The van der Waals surface area contributed by atoms with Crippen molar-refractivity contribution in [3.63, 3.8) is 0 Å². The van der Waals surface area contributed by atoms with Gasteiger partial charge in [0.2, 0.25) is 0 Å². The average Bonchev–Trinajstić information content (AvgIpc) is 3.07.